The van der Waals surface area contributed by atoms with E-state index in [1.807, 2.05) is 18.2 Å². The van der Waals surface area contributed by atoms with Crippen molar-refractivity contribution >= 4 is 5.91 Å². The lowest BCUT2D eigenvalue weighted by Gasteiger charge is -2.35. The van der Waals surface area contributed by atoms with E-state index in [9.17, 15) is 4.79 Å². The molecule has 0 spiro atoms. The molecule has 27 heavy (non-hydrogen) atoms. The minimum Gasteiger partial charge on any atom is -0.352 e. The number of aryl methyl sites for hydroxylation is 1. The molecule has 2 unspecified atom stereocenters. The number of pyridine rings is 1. The van der Waals surface area contributed by atoms with Crippen LogP contribution >= 0.6 is 0 Å². The number of nitrogens with one attached hydrogen (secondary N) is 1. The van der Waals surface area contributed by atoms with Crippen LogP contribution in [0.4, 0.5) is 0 Å². The van der Waals surface area contributed by atoms with E-state index in [2.05, 4.69) is 53.3 Å². The van der Waals surface area contributed by atoms with Crippen molar-refractivity contribution in [2.75, 3.05) is 13.1 Å². The first-order chi connectivity index (χ1) is 13.1. The molecule has 0 radical (unpaired) electrons. The molecule has 4 heteroatoms. The fourth-order valence-electron chi connectivity index (χ4n) is 4.12. The van der Waals surface area contributed by atoms with Gasteiger partial charge in [-0.05, 0) is 47.9 Å². The average Bonchev–Trinajstić information content (AvgIpc) is 2.66. The highest BCUT2D eigenvalue weighted by Crippen LogP contribution is 2.23. The summed E-state index contributed by atoms with van der Waals surface area (Å²) in [6.45, 7) is 8.57. The SMILES string of the molecule is CC1CC(C)CN(Cc2ccccc2CNC(=O)CCc2ccccn2)C1. The van der Waals surface area contributed by atoms with Crippen molar-refractivity contribution in [3.8, 4) is 0 Å². The van der Waals surface area contributed by atoms with E-state index in [-0.39, 0.29) is 5.91 Å². The van der Waals surface area contributed by atoms with E-state index in [0.717, 1.165) is 37.2 Å². The van der Waals surface area contributed by atoms with Crippen LogP contribution in [0.2, 0.25) is 0 Å². The monoisotopic (exact) mass is 365 g/mol. The van der Waals surface area contributed by atoms with Gasteiger partial charge in [-0.2, -0.15) is 0 Å². The first kappa shape index (κ1) is 19.6. The summed E-state index contributed by atoms with van der Waals surface area (Å²) < 4.78 is 0. The summed E-state index contributed by atoms with van der Waals surface area (Å²) in [6.07, 6.45) is 4.24. The fraction of sp³-hybridized carbons (Fsp3) is 0.478. The summed E-state index contributed by atoms with van der Waals surface area (Å²) in [7, 11) is 0. The van der Waals surface area contributed by atoms with Gasteiger partial charge < -0.3 is 5.32 Å². The lowest BCUT2D eigenvalue weighted by Crippen LogP contribution is -2.38. The van der Waals surface area contributed by atoms with Crippen LogP contribution in [0.5, 0.6) is 0 Å². The maximum Gasteiger partial charge on any atom is 0.220 e. The third kappa shape index (κ3) is 6.17. The molecule has 2 heterocycles. The zero-order chi connectivity index (χ0) is 19.1. The Labute approximate surface area is 163 Å². The first-order valence-corrected chi connectivity index (χ1v) is 10.1. The van der Waals surface area contributed by atoms with Gasteiger partial charge in [0.2, 0.25) is 5.91 Å². The van der Waals surface area contributed by atoms with E-state index in [1.165, 1.54) is 17.5 Å². The van der Waals surface area contributed by atoms with Gasteiger partial charge in [0.15, 0.2) is 0 Å². The van der Waals surface area contributed by atoms with Gasteiger partial charge in [-0.1, -0.05) is 44.2 Å². The molecule has 2 aromatic rings. The summed E-state index contributed by atoms with van der Waals surface area (Å²) in [5.41, 5.74) is 3.50. The van der Waals surface area contributed by atoms with Crippen LogP contribution in [0.15, 0.2) is 48.7 Å². The number of benzene rings is 1. The fourth-order valence-corrected chi connectivity index (χ4v) is 4.12. The second-order valence-electron chi connectivity index (χ2n) is 8.01. The number of nitrogens with zero attached hydrogens (tertiary/aromatic N) is 2. The van der Waals surface area contributed by atoms with Crippen LogP contribution in [-0.4, -0.2) is 28.9 Å². The molecule has 1 N–H and O–H groups in total. The second-order valence-corrected chi connectivity index (χ2v) is 8.01. The summed E-state index contributed by atoms with van der Waals surface area (Å²) in [5, 5.41) is 3.08. The number of piperidine rings is 1. The molecule has 0 bridgehead atoms. The molecule has 1 fully saturated rings. The van der Waals surface area contributed by atoms with E-state index in [0.29, 0.717) is 19.4 Å². The van der Waals surface area contributed by atoms with Crippen molar-refractivity contribution in [2.45, 2.75) is 46.2 Å². The predicted molar refractivity (Wildman–Crippen MR) is 109 cm³/mol. The third-order valence-electron chi connectivity index (χ3n) is 5.27. The molecule has 144 valence electrons. The number of rotatable bonds is 7. The Morgan fingerprint density at radius 1 is 1.07 bits per heavy atom. The van der Waals surface area contributed by atoms with Crippen LogP contribution in [-0.2, 0) is 24.3 Å². The lowest BCUT2D eigenvalue weighted by atomic mass is 9.91. The molecule has 1 aliphatic heterocycles. The largest absolute Gasteiger partial charge is 0.352 e. The maximum absolute atomic E-state index is 12.2. The molecule has 4 nitrogen and oxygen atoms in total. The number of carbonyl (C=O) groups is 1. The van der Waals surface area contributed by atoms with Gasteiger partial charge >= 0.3 is 0 Å². The number of likely N-dealkylation sites (tertiary alicyclic amines) is 1. The molecule has 1 aliphatic rings. The summed E-state index contributed by atoms with van der Waals surface area (Å²) in [4.78, 5) is 19.1. The van der Waals surface area contributed by atoms with Gasteiger partial charge in [-0.15, -0.1) is 0 Å². The molecule has 2 atom stereocenters. The van der Waals surface area contributed by atoms with Crippen molar-refractivity contribution in [3.05, 3.63) is 65.5 Å². The van der Waals surface area contributed by atoms with Crippen LogP contribution in [0.3, 0.4) is 0 Å². The molecule has 0 aliphatic carbocycles. The van der Waals surface area contributed by atoms with Gasteiger partial charge in [0.25, 0.3) is 0 Å². The Balaban J connectivity index is 1.52. The third-order valence-corrected chi connectivity index (χ3v) is 5.27. The highest BCUT2D eigenvalue weighted by molar-refractivity contribution is 5.76. The van der Waals surface area contributed by atoms with E-state index < -0.39 is 0 Å². The minimum atomic E-state index is 0.0793. The van der Waals surface area contributed by atoms with E-state index >= 15 is 0 Å². The van der Waals surface area contributed by atoms with Crippen LogP contribution < -0.4 is 5.32 Å². The van der Waals surface area contributed by atoms with Crippen molar-refractivity contribution in [1.82, 2.24) is 15.2 Å². The van der Waals surface area contributed by atoms with E-state index in [1.54, 1.807) is 6.20 Å². The number of hydrogen-bond acceptors (Lipinski definition) is 3. The van der Waals surface area contributed by atoms with Crippen molar-refractivity contribution in [2.24, 2.45) is 11.8 Å². The number of hydrogen-bond donors (Lipinski definition) is 1. The van der Waals surface area contributed by atoms with Gasteiger partial charge in [-0.25, -0.2) is 0 Å². The number of amides is 1. The van der Waals surface area contributed by atoms with Crippen molar-refractivity contribution < 1.29 is 4.79 Å². The zero-order valence-corrected chi connectivity index (χ0v) is 16.5. The normalized spacial score (nSPS) is 20.4. The lowest BCUT2D eigenvalue weighted by molar-refractivity contribution is -0.121. The highest BCUT2D eigenvalue weighted by atomic mass is 16.1. The molecular formula is C23H31N3O. The summed E-state index contributed by atoms with van der Waals surface area (Å²) in [5.74, 6) is 1.59. The average molecular weight is 366 g/mol. The van der Waals surface area contributed by atoms with Crippen LogP contribution in [0, 0.1) is 11.8 Å². The second kappa shape index (κ2) is 9.65. The number of carbonyl (C=O) groups excluding carboxylic acids is 1. The van der Waals surface area contributed by atoms with Gasteiger partial charge in [0.1, 0.15) is 0 Å². The molecule has 1 aromatic heterocycles. The van der Waals surface area contributed by atoms with Crippen molar-refractivity contribution in [3.63, 3.8) is 0 Å². The summed E-state index contributed by atoms with van der Waals surface area (Å²) >= 11 is 0. The molecule has 3 rings (SSSR count). The Morgan fingerprint density at radius 2 is 1.78 bits per heavy atom. The smallest absolute Gasteiger partial charge is 0.220 e. The maximum atomic E-state index is 12.2. The minimum absolute atomic E-state index is 0.0793. The van der Waals surface area contributed by atoms with Gasteiger partial charge in [0.05, 0.1) is 0 Å². The van der Waals surface area contributed by atoms with Gasteiger partial charge in [0, 0.05) is 44.5 Å². The first-order valence-electron chi connectivity index (χ1n) is 10.1. The molecule has 1 aromatic carbocycles. The molecule has 0 saturated carbocycles. The predicted octanol–water partition coefficient (Wildman–Crippen LogP) is 3.81. The van der Waals surface area contributed by atoms with Crippen LogP contribution in [0.1, 0.15) is 43.5 Å². The Hall–Kier alpha value is -2.20. The Kier molecular flexibility index (Phi) is 6.99. The Morgan fingerprint density at radius 3 is 2.48 bits per heavy atom. The molecule has 1 amide bonds. The number of aromatic nitrogens is 1. The van der Waals surface area contributed by atoms with Crippen LogP contribution in [0.25, 0.3) is 0 Å². The highest BCUT2D eigenvalue weighted by Gasteiger charge is 2.22. The zero-order valence-electron chi connectivity index (χ0n) is 16.5. The quantitative estimate of drug-likeness (QED) is 0.811. The van der Waals surface area contributed by atoms with E-state index in [4.69, 9.17) is 0 Å². The van der Waals surface area contributed by atoms with Gasteiger partial charge in [-0.3, -0.25) is 14.7 Å². The standard InChI is InChI=1S/C23H31N3O/c1-18-13-19(2)16-26(15-18)17-21-8-4-3-7-20(21)14-25-23(27)11-10-22-9-5-6-12-24-22/h3-9,12,18-19H,10-11,13-17H2,1-2H3,(H,25,27). The summed E-state index contributed by atoms with van der Waals surface area (Å²) in [6, 6.07) is 14.3. The van der Waals surface area contributed by atoms with Crippen molar-refractivity contribution in [1.29, 1.82) is 0 Å². The molecular weight excluding hydrogens is 334 g/mol. The topological polar surface area (TPSA) is 45.2 Å². The molecule has 1 saturated heterocycles. The Bertz CT molecular complexity index is 721.